The second kappa shape index (κ2) is 6.00. The van der Waals surface area contributed by atoms with E-state index in [4.69, 9.17) is 5.84 Å². The van der Waals surface area contributed by atoms with Crippen molar-refractivity contribution in [1.82, 2.24) is 5.43 Å². The SMILES string of the molecule is Cc1ccc(C)c(CC(NN)C2CCc3ccccc32)c1. The Bertz CT molecular complexity index is 633. The zero-order chi connectivity index (χ0) is 14.8. The van der Waals surface area contributed by atoms with Crippen molar-refractivity contribution in [2.24, 2.45) is 5.84 Å². The molecule has 3 rings (SSSR count). The number of hydrogen-bond acceptors (Lipinski definition) is 2. The maximum atomic E-state index is 5.90. The fourth-order valence-electron chi connectivity index (χ4n) is 3.58. The van der Waals surface area contributed by atoms with Gasteiger partial charge in [0.1, 0.15) is 0 Å². The number of fused-ring (bicyclic) bond motifs is 1. The predicted octanol–water partition coefficient (Wildman–Crippen LogP) is 3.41. The fourth-order valence-corrected chi connectivity index (χ4v) is 3.58. The Morgan fingerprint density at radius 2 is 2.00 bits per heavy atom. The molecule has 0 fully saturated rings. The summed E-state index contributed by atoms with van der Waals surface area (Å²) in [4.78, 5) is 0. The van der Waals surface area contributed by atoms with Crippen molar-refractivity contribution in [3.05, 3.63) is 70.3 Å². The van der Waals surface area contributed by atoms with E-state index in [1.54, 1.807) is 0 Å². The number of nitrogens with two attached hydrogens (primary N) is 1. The minimum absolute atomic E-state index is 0.300. The van der Waals surface area contributed by atoms with Gasteiger partial charge in [0.25, 0.3) is 0 Å². The van der Waals surface area contributed by atoms with Crippen molar-refractivity contribution >= 4 is 0 Å². The molecular formula is C19H24N2. The molecular weight excluding hydrogens is 256 g/mol. The lowest BCUT2D eigenvalue weighted by Crippen LogP contribution is -2.41. The molecule has 0 aromatic heterocycles. The van der Waals surface area contributed by atoms with Crippen LogP contribution in [-0.2, 0) is 12.8 Å². The van der Waals surface area contributed by atoms with Gasteiger partial charge in [0, 0.05) is 12.0 Å². The van der Waals surface area contributed by atoms with Crippen molar-refractivity contribution in [1.29, 1.82) is 0 Å². The lowest BCUT2D eigenvalue weighted by Gasteiger charge is -2.25. The van der Waals surface area contributed by atoms with Crippen LogP contribution in [-0.4, -0.2) is 6.04 Å². The normalized spacial score (nSPS) is 18.5. The number of hydrazine groups is 1. The van der Waals surface area contributed by atoms with Crippen molar-refractivity contribution < 1.29 is 0 Å². The molecule has 0 saturated heterocycles. The minimum Gasteiger partial charge on any atom is -0.271 e. The third-order valence-electron chi connectivity index (χ3n) is 4.82. The van der Waals surface area contributed by atoms with E-state index in [2.05, 4.69) is 61.7 Å². The molecule has 0 radical (unpaired) electrons. The largest absolute Gasteiger partial charge is 0.271 e. The van der Waals surface area contributed by atoms with E-state index < -0.39 is 0 Å². The quantitative estimate of drug-likeness (QED) is 0.665. The van der Waals surface area contributed by atoms with Crippen LogP contribution in [0, 0.1) is 13.8 Å². The Balaban J connectivity index is 1.85. The summed E-state index contributed by atoms with van der Waals surface area (Å²) >= 11 is 0. The number of hydrogen-bond donors (Lipinski definition) is 2. The Morgan fingerprint density at radius 3 is 2.81 bits per heavy atom. The van der Waals surface area contributed by atoms with Crippen LogP contribution in [0.4, 0.5) is 0 Å². The first-order valence-electron chi connectivity index (χ1n) is 7.79. The highest BCUT2D eigenvalue weighted by molar-refractivity contribution is 5.37. The second-order valence-corrected chi connectivity index (χ2v) is 6.25. The monoisotopic (exact) mass is 280 g/mol. The average molecular weight is 280 g/mol. The highest BCUT2D eigenvalue weighted by atomic mass is 15.2. The topological polar surface area (TPSA) is 38.0 Å². The molecule has 110 valence electrons. The Morgan fingerprint density at radius 1 is 1.19 bits per heavy atom. The highest BCUT2D eigenvalue weighted by Gasteiger charge is 2.29. The Hall–Kier alpha value is -1.64. The summed E-state index contributed by atoms with van der Waals surface area (Å²) in [6.07, 6.45) is 3.36. The van der Waals surface area contributed by atoms with Crippen LogP contribution >= 0.6 is 0 Å². The molecule has 1 aliphatic carbocycles. The molecule has 0 saturated carbocycles. The molecule has 2 heteroatoms. The zero-order valence-corrected chi connectivity index (χ0v) is 12.9. The maximum absolute atomic E-state index is 5.90. The summed E-state index contributed by atoms with van der Waals surface area (Å²) in [5.74, 6) is 6.42. The molecule has 0 amide bonds. The fraction of sp³-hybridized carbons (Fsp3) is 0.368. The van der Waals surface area contributed by atoms with Crippen LogP contribution in [0.15, 0.2) is 42.5 Å². The van der Waals surface area contributed by atoms with E-state index in [0.29, 0.717) is 12.0 Å². The molecule has 2 atom stereocenters. The van der Waals surface area contributed by atoms with Crippen molar-refractivity contribution in [2.45, 2.75) is 45.1 Å². The second-order valence-electron chi connectivity index (χ2n) is 6.25. The van der Waals surface area contributed by atoms with Gasteiger partial charge in [0.2, 0.25) is 0 Å². The summed E-state index contributed by atoms with van der Waals surface area (Å²) in [5.41, 5.74) is 10.1. The molecule has 0 aliphatic heterocycles. The van der Waals surface area contributed by atoms with E-state index in [-0.39, 0.29) is 0 Å². The zero-order valence-electron chi connectivity index (χ0n) is 12.9. The Labute approximate surface area is 127 Å². The first kappa shape index (κ1) is 14.3. The van der Waals surface area contributed by atoms with Crippen molar-refractivity contribution in [3.8, 4) is 0 Å². The van der Waals surface area contributed by atoms with Crippen LogP contribution in [0.25, 0.3) is 0 Å². The molecule has 0 bridgehead atoms. The third kappa shape index (κ3) is 2.87. The molecule has 0 spiro atoms. The lowest BCUT2D eigenvalue weighted by molar-refractivity contribution is 0.434. The maximum Gasteiger partial charge on any atom is 0.0319 e. The van der Waals surface area contributed by atoms with Crippen LogP contribution in [0.3, 0.4) is 0 Å². The van der Waals surface area contributed by atoms with Crippen LogP contribution < -0.4 is 11.3 Å². The molecule has 0 heterocycles. The predicted molar refractivity (Wildman–Crippen MR) is 88.2 cm³/mol. The summed E-state index contributed by atoms with van der Waals surface area (Å²) in [5, 5.41) is 0. The van der Waals surface area contributed by atoms with Gasteiger partial charge in [-0.2, -0.15) is 0 Å². The van der Waals surface area contributed by atoms with E-state index in [1.807, 2.05) is 0 Å². The number of nitrogens with one attached hydrogen (secondary N) is 1. The van der Waals surface area contributed by atoms with E-state index in [0.717, 1.165) is 6.42 Å². The number of aryl methyl sites for hydroxylation is 3. The first-order valence-corrected chi connectivity index (χ1v) is 7.79. The summed E-state index contributed by atoms with van der Waals surface area (Å²) in [7, 11) is 0. The first-order chi connectivity index (χ1) is 10.2. The molecule has 2 nitrogen and oxygen atoms in total. The van der Waals surface area contributed by atoms with Crippen molar-refractivity contribution in [2.75, 3.05) is 0 Å². The van der Waals surface area contributed by atoms with Gasteiger partial charge in [0.15, 0.2) is 0 Å². The Kier molecular flexibility index (Phi) is 4.09. The van der Waals surface area contributed by atoms with Gasteiger partial charge in [-0.25, -0.2) is 0 Å². The van der Waals surface area contributed by atoms with Crippen LogP contribution in [0.5, 0.6) is 0 Å². The third-order valence-corrected chi connectivity index (χ3v) is 4.82. The molecule has 3 N–H and O–H groups in total. The molecule has 2 aromatic rings. The van der Waals surface area contributed by atoms with E-state index in [9.17, 15) is 0 Å². The summed E-state index contributed by atoms with van der Waals surface area (Å²) < 4.78 is 0. The van der Waals surface area contributed by atoms with Gasteiger partial charge in [-0.1, -0.05) is 48.0 Å². The van der Waals surface area contributed by atoms with Gasteiger partial charge in [-0.15, -0.1) is 0 Å². The standard InChI is InChI=1S/C19H24N2/c1-13-7-8-14(2)16(11-13)12-19(21-20)18-10-9-15-5-3-4-6-17(15)18/h3-8,11,18-19,21H,9-10,12,20H2,1-2H3. The van der Waals surface area contributed by atoms with Gasteiger partial charge < -0.3 is 0 Å². The molecule has 21 heavy (non-hydrogen) atoms. The molecule has 2 unspecified atom stereocenters. The smallest absolute Gasteiger partial charge is 0.0319 e. The van der Waals surface area contributed by atoms with Gasteiger partial charge in [-0.05, 0) is 55.4 Å². The highest BCUT2D eigenvalue weighted by Crippen LogP contribution is 2.36. The van der Waals surface area contributed by atoms with Crippen molar-refractivity contribution in [3.63, 3.8) is 0 Å². The van der Waals surface area contributed by atoms with Gasteiger partial charge >= 0.3 is 0 Å². The average Bonchev–Trinajstić information content (AvgIpc) is 2.92. The van der Waals surface area contributed by atoms with Gasteiger partial charge in [0.05, 0.1) is 0 Å². The lowest BCUT2D eigenvalue weighted by atomic mass is 9.88. The van der Waals surface area contributed by atoms with Crippen LogP contribution in [0.2, 0.25) is 0 Å². The molecule has 2 aromatic carbocycles. The van der Waals surface area contributed by atoms with Crippen LogP contribution in [0.1, 0.15) is 40.2 Å². The number of benzene rings is 2. The summed E-state index contributed by atoms with van der Waals surface area (Å²) in [6, 6.07) is 15.8. The van der Waals surface area contributed by atoms with E-state index in [1.165, 1.54) is 40.7 Å². The number of rotatable bonds is 4. The van der Waals surface area contributed by atoms with Gasteiger partial charge in [-0.3, -0.25) is 11.3 Å². The van der Waals surface area contributed by atoms with E-state index >= 15 is 0 Å². The summed E-state index contributed by atoms with van der Waals surface area (Å²) in [6.45, 7) is 4.34. The minimum atomic E-state index is 0.300. The molecule has 1 aliphatic rings.